The summed E-state index contributed by atoms with van der Waals surface area (Å²) in [5, 5.41) is 9.27. The van der Waals surface area contributed by atoms with E-state index in [4.69, 9.17) is 0 Å². The molecular weight excluding hydrogens is 175 g/mol. The molecule has 0 radical (unpaired) electrons. The molecule has 1 atom stereocenters. The van der Waals surface area contributed by atoms with Crippen molar-refractivity contribution < 1.29 is 19.0 Å². The highest BCUT2D eigenvalue weighted by Crippen LogP contribution is 2.14. The minimum atomic E-state index is -1.42. The van der Waals surface area contributed by atoms with Crippen LogP contribution in [0.25, 0.3) is 0 Å². The third-order valence-electron chi connectivity index (χ3n) is 1.59. The smallest absolute Gasteiger partial charge is 0.339 e. The van der Waals surface area contributed by atoms with Crippen LogP contribution in [0.15, 0.2) is 24.3 Å². The van der Waals surface area contributed by atoms with Crippen LogP contribution in [0.2, 0.25) is 0 Å². The topological polar surface area (TPSA) is 46.5 Å². The maximum absolute atomic E-state index is 12.6. The van der Waals surface area contributed by atoms with Crippen molar-refractivity contribution in [2.75, 3.05) is 7.11 Å². The Labute approximate surface area is 74.8 Å². The van der Waals surface area contributed by atoms with Crippen molar-refractivity contribution in [2.24, 2.45) is 0 Å². The van der Waals surface area contributed by atoms with Crippen molar-refractivity contribution in [2.45, 2.75) is 6.10 Å². The number of carbonyl (C=O) groups is 1. The second-order valence-electron chi connectivity index (χ2n) is 2.48. The van der Waals surface area contributed by atoms with Crippen molar-refractivity contribution >= 4 is 5.97 Å². The zero-order valence-corrected chi connectivity index (χ0v) is 7.03. The third kappa shape index (κ3) is 2.26. The summed E-state index contributed by atoms with van der Waals surface area (Å²) in [4.78, 5) is 10.8. The van der Waals surface area contributed by atoms with Crippen molar-refractivity contribution in [3.8, 4) is 0 Å². The van der Waals surface area contributed by atoms with Gasteiger partial charge in [0.15, 0.2) is 6.10 Å². The lowest BCUT2D eigenvalue weighted by Gasteiger charge is -2.07. The fourth-order valence-electron chi connectivity index (χ4n) is 0.924. The Hall–Kier alpha value is -1.42. The zero-order chi connectivity index (χ0) is 9.84. The van der Waals surface area contributed by atoms with E-state index in [2.05, 4.69) is 4.74 Å². The highest BCUT2D eigenvalue weighted by molar-refractivity contribution is 5.75. The van der Waals surface area contributed by atoms with E-state index < -0.39 is 17.9 Å². The summed E-state index contributed by atoms with van der Waals surface area (Å²) >= 11 is 0. The Morgan fingerprint density at radius 1 is 1.62 bits per heavy atom. The minimum absolute atomic E-state index is 0.187. The number of aliphatic hydroxyl groups excluding tert-OH is 1. The number of aliphatic hydroxyl groups is 1. The van der Waals surface area contributed by atoms with Gasteiger partial charge in [-0.3, -0.25) is 0 Å². The van der Waals surface area contributed by atoms with E-state index in [1.807, 2.05) is 0 Å². The van der Waals surface area contributed by atoms with Crippen LogP contribution in [-0.2, 0) is 9.53 Å². The van der Waals surface area contributed by atoms with Crippen molar-refractivity contribution in [1.82, 2.24) is 0 Å². The van der Waals surface area contributed by atoms with Gasteiger partial charge in [-0.1, -0.05) is 12.1 Å². The second-order valence-corrected chi connectivity index (χ2v) is 2.48. The van der Waals surface area contributed by atoms with Crippen molar-refractivity contribution in [1.29, 1.82) is 0 Å². The van der Waals surface area contributed by atoms with Gasteiger partial charge in [-0.15, -0.1) is 0 Å². The highest BCUT2D eigenvalue weighted by atomic mass is 19.1. The van der Waals surface area contributed by atoms with Crippen LogP contribution < -0.4 is 0 Å². The standard InChI is InChI=1S/C9H9FO3/c1-13-9(12)8(11)6-3-2-4-7(10)5-6/h2-5,8,11H,1H3/t8-/m0/s1. The van der Waals surface area contributed by atoms with E-state index in [1.54, 1.807) is 0 Å². The van der Waals surface area contributed by atoms with Gasteiger partial charge in [-0.05, 0) is 17.7 Å². The van der Waals surface area contributed by atoms with Gasteiger partial charge < -0.3 is 9.84 Å². The Bertz CT molecular complexity index is 311. The van der Waals surface area contributed by atoms with Gasteiger partial charge in [0.25, 0.3) is 0 Å². The molecule has 0 aliphatic heterocycles. The number of rotatable bonds is 2. The lowest BCUT2D eigenvalue weighted by Crippen LogP contribution is -2.13. The first-order valence-electron chi connectivity index (χ1n) is 3.66. The van der Waals surface area contributed by atoms with E-state index in [9.17, 15) is 14.3 Å². The first-order valence-corrected chi connectivity index (χ1v) is 3.66. The van der Waals surface area contributed by atoms with Gasteiger partial charge in [-0.2, -0.15) is 0 Å². The molecule has 1 rings (SSSR count). The summed E-state index contributed by atoms with van der Waals surface area (Å²) in [5.74, 6) is -1.30. The molecule has 0 aliphatic carbocycles. The van der Waals surface area contributed by atoms with Crippen LogP contribution in [-0.4, -0.2) is 18.2 Å². The van der Waals surface area contributed by atoms with Gasteiger partial charge in [0.2, 0.25) is 0 Å². The second kappa shape index (κ2) is 4.00. The van der Waals surface area contributed by atoms with Crippen LogP contribution in [0, 0.1) is 5.82 Å². The van der Waals surface area contributed by atoms with E-state index in [1.165, 1.54) is 18.2 Å². The lowest BCUT2D eigenvalue weighted by atomic mass is 10.1. The fraction of sp³-hybridized carbons (Fsp3) is 0.222. The molecule has 3 nitrogen and oxygen atoms in total. The summed E-state index contributed by atoms with van der Waals surface area (Å²) in [5.41, 5.74) is 0.187. The summed E-state index contributed by atoms with van der Waals surface area (Å²) in [6.07, 6.45) is -1.42. The zero-order valence-electron chi connectivity index (χ0n) is 7.03. The van der Waals surface area contributed by atoms with Crippen LogP contribution >= 0.6 is 0 Å². The van der Waals surface area contributed by atoms with E-state index >= 15 is 0 Å². The first kappa shape index (κ1) is 9.67. The molecule has 0 heterocycles. The molecule has 0 spiro atoms. The van der Waals surface area contributed by atoms with Crippen molar-refractivity contribution in [3.63, 3.8) is 0 Å². The number of esters is 1. The predicted octanol–water partition coefficient (Wildman–Crippen LogP) is 1.03. The molecule has 1 aromatic carbocycles. The lowest BCUT2D eigenvalue weighted by molar-refractivity contribution is -0.150. The van der Waals surface area contributed by atoms with Gasteiger partial charge in [-0.25, -0.2) is 9.18 Å². The fourth-order valence-corrected chi connectivity index (χ4v) is 0.924. The maximum Gasteiger partial charge on any atom is 0.339 e. The Morgan fingerprint density at radius 2 is 2.31 bits per heavy atom. The molecule has 1 aromatic rings. The third-order valence-corrected chi connectivity index (χ3v) is 1.59. The summed E-state index contributed by atoms with van der Waals surface area (Å²) < 4.78 is 16.9. The van der Waals surface area contributed by atoms with Gasteiger partial charge >= 0.3 is 5.97 Å². The number of halogens is 1. The number of carbonyl (C=O) groups excluding carboxylic acids is 1. The summed E-state index contributed by atoms with van der Waals surface area (Å²) in [6.45, 7) is 0. The summed E-state index contributed by atoms with van der Waals surface area (Å²) in [7, 11) is 1.16. The monoisotopic (exact) mass is 184 g/mol. The largest absolute Gasteiger partial charge is 0.467 e. The minimum Gasteiger partial charge on any atom is -0.467 e. The Morgan fingerprint density at radius 3 is 2.85 bits per heavy atom. The number of methoxy groups -OCH3 is 1. The van der Waals surface area contributed by atoms with Gasteiger partial charge in [0.1, 0.15) is 5.82 Å². The normalized spacial score (nSPS) is 12.2. The van der Waals surface area contributed by atoms with Crippen LogP contribution in [0.5, 0.6) is 0 Å². The van der Waals surface area contributed by atoms with Crippen molar-refractivity contribution in [3.05, 3.63) is 35.6 Å². The van der Waals surface area contributed by atoms with Crippen LogP contribution in [0.1, 0.15) is 11.7 Å². The first-order chi connectivity index (χ1) is 6.15. The average molecular weight is 184 g/mol. The van der Waals surface area contributed by atoms with Gasteiger partial charge in [0.05, 0.1) is 7.11 Å². The number of benzene rings is 1. The molecule has 1 N–H and O–H groups in total. The van der Waals surface area contributed by atoms with E-state index in [-0.39, 0.29) is 5.56 Å². The number of hydrogen-bond acceptors (Lipinski definition) is 3. The molecule has 70 valence electrons. The summed E-state index contributed by atoms with van der Waals surface area (Å²) in [6, 6.07) is 5.18. The molecule has 0 fully saturated rings. The molecule has 13 heavy (non-hydrogen) atoms. The molecule has 4 heteroatoms. The molecule has 0 unspecified atom stereocenters. The number of ether oxygens (including phenoxy) is 1. The maximum atomic E-state index is 12.6. The number of hydrogen-bond donors (Lipinski definition) is 1. The van der Waals surface area contributed by atoms with Crippen LogP contribution in [0.4, 0.5) is 4.39 Å². The van der Waals surface area contributed by atoms with E-state index in [0.717, 1.165) is 13.2 Å². The molecule has 0 amide bonds. The van der Waals surface area contributed by atoms with Crippen LogP contribution in [0.3, 0.4) is 0 Å². The molecule has 0 aliphatic rings. The SMILES string of the molecule is COC(=O)[C@@H](O)c1cccc(F)c1. The average Bonchev–Trinajstić information content (AvgIpc) is 2.15. The predicted molar refractivity (Wildman–Crippen MR) is 43.4 cm³/mol. The molecule has 0 aromatic heterocycles. The molecular formula is C9H9FO3. The highest BCUT2D eigenvalue weighted by Gasteiger charge is 2.17. The van der Waals surface area contributed by atoms with E-state index in [0.29, 0.717) is 0 Å². The molecule has 0 saturated carbocycles. The molecule has 0 bridgehead atoms. The Kier molecular flexibility index (Phi) is 2.97. The molecule has 0 saturated heterocycles. The van der Waals surface area contributed by atoms with Gasteiger partial charge in [0, 0.05) is 0 Å². The Balaban J connectivity index is 2.88. The quantitative estimate of drug-likeness (QED) is 0.698.